The number of amides is 1. The van der Waals surface area contributed by atoms with Crippen LogP contribution in [0.4, 0.5) is 13.9 Å². The molecule has 0 aliphatic carbocycles. The first kappa shape index (κ1) is 19.6. The third-order valence-electron chi connectivity index (χ3n) is 3.75. The van der Waals surface area contributed by atoms with Crippen molar-refractivity contribution in [2.45, 2.75) is 6.61 Å². The summed E-state index contributed by atoms with van der Waals surface area (Å²) < 4.78 is 39.3. The molecular weight excluding hydrogens is 390 g/mol. The van der Waals surface area contributed by atoms with Gasteiger partial charge >= 0.3 is 6.61 Å². The molecule has 6 nitrogen and oxygen atoms in total. The van der Waals surface area contributed by atoms with E-state index in [1.165, 1.54) is 36.6 Å². The Balaban J connectivity index is 1.73. The summed E-state index contributed by atoms with van der Waals surface area (Å²) in [6.45, 7) is -2.99. The lowest BCUT2D eigenvalue weighted by Gasteiger charge is -2.11. The third kappa shape index (κ3) is 4.55. The first-order chi connectivity index (χ1) is 13.5. The lowest BCUT2D eigenvalue weighted by atomic mass is 10.2. The normalized spacial score (nSPS) is 10.6. The maximum absolute atomic E-state index is 12.4. The third-order valence-corrected chi connectivity index (χ3v) is 4.51. The molecule has 0 fully saturated rings. The first-order valence-electron chi connectivity index (χ1n) is 8.04. The number of thiazole rings is 1. The average molecular weight is 406 g/mol. The zero-order valence-corrected chi connectivity index (χ0v) is 15.8. The zero-order valence-electron chi connectivity index (χ0n) is 14.9. The average Bonchev–Trinajstić information content (AvgIpc) is 3.16. The van der Waals surface area contributed by atoms with Crippen molar-refractivity contribution in [3.05, 3.63) is 53.4 Å². The Morgan fingerprint density at radius 1 is 1.07 bits per heavy atom. The Morgan fingerprint density at radius 3 is 2.46 bits per heavy atom. The number of rotatable bonds is 7. The molecule has 0 unspecified atom stereocenters. The smallest absolute Gasteiger partial charge is 0.387 e. The van der Waals surface area contributed by atoms with Crippen molar-refractivity contribution >= 4 is 22.4 Å². The molecule has 3 rings (SSSR count). The minimum absolute atomic E-state index is 0.0333. The molecule has 3 aromatic rings. The van der Waals surface area contributed by atoms with Crippen LogP contribution in [-0.4, -0.2) is 31.7 Å². The summed E-state index contributed by atoms with van der Waals surface area (Å²) in [4.78, 5) is 16.8. The molecule has 1 N–H and O–H groups in total. The number of hydrogen-bond acceptors (Lipinski definition) is 6. The first-order valence-corrected chi connectivity index (χ1v) is 8.92. The maximum Gasteiger partial charge on any atom is 0.387 e. The van der Waals surface area contributed by atoms with Crippen LogP contribution >= 0.6 is 11.3 Å². The highest BCUT2D eigenvalue weighted by atomic mass is 32.1. The second-order valence-electron chi connectivity index (χ2n) is 5.46. The lowest BCUT2D eigenvalue weighted by molar-refractivity contribution is -0.0512. The molecule has 0 saturated carbocycles. The molecule has 1 heterocycles. The van der Waals surface area contributed by atoms with Crippen LogP contribution in [0.25, 0.3) is 11.3 Å². The van der Waals surface area contributed by atoms with Gasteiger partial charge in [-0.05, 0) is 42.5 Å². The second-order valence-corrected chi connectivity index (χ2v) is 6.32. The molecule has 1 aromatic heterocycles. The van der Waals surface area contributed by atoms with Crippen LogP contribution in [-0.2, 0) is 0 Å². The number of benzene rings is 2. The van der Waals surface area contributed by atoms with E-state index in [0.29, 0.717) is 10.8 Å². The van der Waals surface area contributed by atoms with E-state index in [0.717, 1.165) is 11.3 Å². The largest absolute Gasteiger partial charge is 0.497 e. The molecule has 0 atom stereocenters. The summed E-state index contributed by atoms with van der Waals surface area (Å²) in [6, 6.07) is 11.3. The highest BCUT2D eigenvalue weighted by Crippen LogP contribution is 2.30. The molecule has 1 amide bonds. The number of anilines is 1. The molecule has 0 saturated heterocycles. The summed E-state index contributed by atoms with van der Waals surface area (Å²) in [7, 11) is 2.89. The molecule has 0 spiro atoms. The van der Waals surface area contributed by atoms with E-state index >= 15 is 0 Å². The topological polar surface area (TPSA) is 69.7 Å². The Hall–Kier alpha value is -3.20. The van der Waals surface area contributed by atoms with Gasteiger partial charge in [0.2, 0.25) is 0 Å². The van der Waals surface area contributed by atoms with Gasteiger partial charge in [0.1, 0.15) is 5.75 Å². The molecule has 0 bridgehead atoms. The summed E-state index contributed by atoms with van der Waals surface area (Å²) in [5.41, 5.74) is 1.81. The number of methoxy groups -OCH3 is 2. The predicted molar refractivity (Wildman–Crippen MR) is 102 cm³/mol. The van der Waals surface area contributed by atoms with Crippen LogP contribution in [0.3, 0.4) is 0 Å². The number of carbonyl (C=O) groups excluding carboxylic acids is 1. The Bertz CT molecular complexity index is 961. The molecule has 28 heavy (non-hydrogen) atoms. The van der Waals surface area contributed by atoms with Crippen molar-refractivity contribution in [3.8, 4) is 28.5 Å². The van der Waals surface area contributed by atoms with E-state index in [1.807, 2.05) is 29.6 Å². The maximum atomic E-state index is 12.4. The van der Waals surface area contributed by atoms with E-state index in [9.17, 15) is 13.6 Å². The fourth-order valence-corrected chi connectivity index (χ4v) is 3.11. The summed E-state index contributed by atoms with van der Waals surface area (Å²) in [5, 5.41) is 4.90. The van der Waals surface area contributed by atoms with Gasteiger partial charge in [-0.1, -0.05) is 0 Å². The molecule has 146 valence electrons. The number of nitrogens with one attached hydrogen (secondary N) is 1. The number of ether oxygens (including phenoxy) is 3. The molecule has 0 aliphatic rings. The zero-order chi connectivity index (χ0) is 20.1. The van der Waals surface area contributed by atoms with Gasteiger partial charge in [-0.3, -0.25) is 10.1 Å². The molecular formula is C19H16F2N2O4S. The van der Waals surface area contributed by atoms with Crippen molar-refractivity contribution in [2.24, 2.45) is 0 Å². The Kier molecular flexibility index (Phi) is 6.05. The lowest BCUT2D eigenvalue weighted by Crippen LogP contribution is -2.12. The fraction of sp³-hybridized carbons (Fsp3) is 0.158. The van der Waals surface area contributed by atoms with Gasteiger partial charge in [-0.2, -0.15) is 8.78 Å². The van der Waals surface area contributed by atoms with E-state index in [-0.39, 0.29) is 17.1 Å². The minimum atomic E-state index is -2.99. The van der Waals surface area contributed by atoms with Crippen LogP contribution < -0.4 is 19.5 Å². The summed E-state index contributed by atoms with van der Waals surface area (Å²) in [6.07, 6.45) is 0. The van der Waals surface area contributed by atoms with Gasteiger partial charge in [0.05, 0.1) is 19.9 Å². The molecule has 2 aromatic carbocycles. The van der Waals surface area contributed by atoms with Crippen LogP contribution in [0.2, 0.25) is 0 Å². The number of carbonyl (C=O) groups is 1. The molecule has 0 aliphatic heterocycles. The van der Waals surface area contributed by atoms with Gasteiger partial charge in [-0.15, -0.1) is 11.3 Å². The van der Waals surface area contributed by atoms with Crippen molar-refractivity contribution < 1.29 is 27.8 Å². The van der Waals surface area contributed by atoms with E-state index in [1.54, 1.807) is 7.11 Å². The van der Waals surface area contributed by atoms with Crippen molar-refractivity contribution in [2.75, 3.05) is 19.5 Å². The second kappa shape index (κ2) is 8.66. The summed E-state index contributed by atoms with van der Waals surface area (Å²) >= 11 is 1.27. The molecule has 9 heteroatoms. The number of aromatic nitrogens is 1. The number of alkyl halides is 2. The van der Waals surface area contributed by atoms with Gasteiger partial charge in [0, 0.05) is 16.5 Å². The van der Waals surface area contributed by atoms with Crippen molar-refractivity contribution in [1.29, 1.82) is 0 Å². The summed E-state index contributed by atoms with van der Waals surface area (Å²) in [5.74, 6) is 0.175. The molecule has 0 radical (unpaired) electrons. The van der Waals surface area contributed by atoms with Crippen molar-refractivity contribution in [3.63, 3.8) is 0 Å². The predicted octanol–water partition coefficient (Wildman–Crippen LogP) is 4.68. The van der Waals surface area contributed by atoms with Crippen LogP contribution in [0, 0.1) is 0 Å². The monoisotopic (exact) mass is 406 g/mol. The van der Waals surface area contributed by atoms with Gasteiger partial charge in [-0.25, -0.2) is 4.98 Å². The van der Waals surface area contributed by atoms with E-state index < -0.39 is 12.5 Å². The number of nitrogens with zero attached hydrogens (tertiary/aromatic N) is 1. The number of hydrogen-bond donors (Lipinski definition) is 1. The highest BCUT2D eigenvalue weighted by molar-refractivity contribution is 7.14. The van der Waals surface area contributed by atoms with Gasteiger partial charge in [0.15, 0.2) is 16.6 Å². The van der Waals surface area contributed by atoms with Crippen LogP contribution in [0.5, 0.6) is 17.2 Å². The minimum Gasteiger partial charge on any atom is -0.497 e. The van der Waals surface area contributed by atoms with Gasteiger partial charge < -0.3 is 14.2 Å². The van der Waals surface area contributed by atoms with E-state index in [2.05, 4.69) is 15.0 Å². The Morgan fingerprint density at radius 2 is 1.82 bits per heavy atom. The standard InChI is InChI=1S/C19H16F2N2O4S/c1-25-13-6-3-11(4-7-13)14-10-28-19(22-14)23-17(24)12-5-8-15(27-18(20)21)16(9-12)26-2/h3-10,18H,1-2H3,(H,22,23,24). The highest BCUT2D eigenvalue weighted by Gasteiger charge is 2.15. The van der Waals surface area contributed by atoms with Gasteiger partial charge in [0.25, 0.3) is 5.91 Å². The van der Waals surface area contributed by atoms with Crippen molar-refractivity contribution in [1.82, 2.24) is 4.98 Å². The quantitative estimate of drug-likeness (QED) is 0.617. The SMILES string of the molecule is COc1ccc(-c2csc(NC(=O)c3ccc(OC(F)F)c(OC)c3)n2)cc1. The van der Waals surface area contributed by atoms with Crippen LogP contribution in [0.1, 0.15) is 10.4 Å². The van der Waals surface area contributed by atoms with Crippen LogP contribution in [0.15, 0.2) is 47.8 Å². The van der Waals surface area contributed by atoms with E-state index in [4.69, 9.17) is 9.47 Å². The number of halogens is 2. The fourth-order valence-electron chi connectivity index (χ4n) is 2.40. The Labute approximate surface area is 163 Å².